The highest BCUT2D eigenvalue weighted by atomic mass is 16.6. The molecule has 31 heavy (non-hydrogen) atoms. The van der Waals surface area contributed by atoms with Gasteiger partial charge in [-0.25, -0.2) is 4.68 Å². The first-order chi connectivity index (χ1) is 14.7. The van der Waals surface area contributed by atoms with E-state index in [0.717, 1.165) is 12.5 Å². The Balaban J connectivity index is 1.68. The molecule has 0 aliphatic rings. The first-order valence-electron chi connectivity index (χ1n) is 9.87. The Kier molecular flexibility index (Phi) is 8.82. The number of nitrogens with one attached hydrogen (secondary N) is 1. The van der Waals surface area contributed by atoms with Gasteiger partial charge in [-0.1, -0.05) is 26.0 Å². The number of nitro groups is 2. The van der Waals surface area contributed by atoms with Gasteiger partial charge in [-0.2, -0.15) is 0 Å². The number of hydrogen-bond acceptors (Lipinski definition) is 9. The number of non-ortho nitro benzene ring substituents is 1. The summed E-state index contributed by atoms with van der Waals surface area (Å²) in [5, 5.41) is 32.8. The van der Waals surface area contributed by atoms with Crippen LogP contribution >= 0.6 is 0 Å². The SMILES string of the molecule is CC(C)(C)CCOCCn1cc(COCCNc2ccc([N+](=O)[O-])cc2[N+](=O)[O-])nn1. The van der Waals surface area contributed by atoms with E-state index in [2.05, 4.69) is 36.4 Å². The van der Waals surface area contributed by atoms with Crippen molar-refractivity contribution in [3.05, 3.63) is 50.3 Å². The molecule has 170 valence electrons. The molecule has 0 spiro atoms. The Bertz CT molecular complexity index is 879. The number of ether oxygens (including phenoxy) is 2. The Morgan fingerprint density at radius 1 is 1.10 bits per heavy atom. The highest BCUT2D eigenvalue weighted by molar-refractivity contribution is 5.65. The molecule has 0 saturated carbocycles. The van der Waals surface area contributed by atoms with Crippen LogP contribution in [-0.4, -0.2) is 51.2 Å². The van der Waals surface area contributed by atoms with E-state index in [1.54, 1.807) is 10.9 Å². The van der Waals surface area contributed by atoms with Crippen LogP contribution < -0.4 is 5.32 Å². The van der Waals surface area contributed by atoms with E-state index in [0.29, 0.717) is 25.5 Å². The average molecular weight is 436 g/mol. The highest BCUT2D eigenvalue weighted by Gasteiger charge is 2.19. The van der Waals surface area contributed by atoms with Crippen molar-refractivity contribution in [2.24, 2.45) is 5.41 Å². The van der Waals surface area contributed by atoms with E-state index >= 15 is 0 Å². The van der Waals surface area contributed by atoms with Crippen molar-refractivity contribution in [3.8, 4) is 0 Å². The predicted octanol–water partition coefficient (Wildman–Crippen LogP) is 3.18. The number of nitrogens with zero attached hydrogens (tertiary/aromatic N) is 5. The zero-order chi connectivity index (χ0) is 22.9. The smallest absolute Gasteiger partial charge is 0.299 e. The molecule has 1 heterocycles. The molecule has 0 aliphatic heterocycles. The van der Waals surface area contributed by atoms with Crippen molar-refractivity contribution in [1.82, 2.24) is 15.0 Å². The number of aromatic nitrogens is 3. The van der Waals surface area contributed by atoms with E-state index in [-0.39, 0.29) is 42.2 Å². The average Bonchev–Trinajstić information content (AvgIpc) is 3.14. The lowest BCUT2D eigenvalue weighted by Crippen LogP contribution is -2.12. The zero-order valence-electron chi connectivity index (χ0n) is 17.9. The van der Waals surface area contributed by atoms with Crippen LogP contribution in [0.5, 0.6) is 0 Å². The van der Waals surface area contributed by atoms with Gasteiger partial charge >= 0.3 is 0 Å². The number of nitro benzene ring substituents is 2. The normalized spacial score (nSPS) is 11.5. The fraction of sp³-hybridized carbons (Fsp3) is 0.579. The van der Waals surface area contributed by atoms with Crippen LogP contribution in [0.15, 0.2) is 24.4 Å². The lowest BCUT2D eigenvalue weighted by molar-refractivity contribution is -0.393. The summed E-state index contributed by atoms with van der Waals surface area (Å²) in [5.74, 6) is 0. The highest BCUT2D eigenvalue weighted by Crippen LogP contribution is 2.28. The van der Waals surface area contributed by atoms with Crippen LogP contribution in [0.4, 0.5) is 17.1 Å². The molecule has 0 bridgehead atoms. The van der Waals surface area contributed by atoms with Gasteiger partial charge in [0.2, 0.25) is 0 Å². The second-order valence-electron chi connectivity index (χ2n) is 8.09. The van der Waals surface area contributed by atoms with Crippen LogP contribution in [0.1, 0.15) is 32.9 Å². The number of anilines is 1. The molecule has 0 fully saturated rings. The van der Waals surface area contributed by atoms with Crippen molar-refractivity contribution in [3.63, 3.8) is 0 Å². The number of hydrogen-bond donors (Lipinski definition) is 1. The summed E-state index contributed by atoms with van der Waals surface area (Å²) in [6, 6.07) is 3.45. The summed E-state index contributed by atoms with van der Waals surface area (Å²) in [4.78, 5) is 20.5. The molecule has 12 nitrogen and oxygen atoms in total. The molecule has 0 aliphatic carbocycles. The summed E-state index contributed by atoms with van der Waals surface area (Å²) in [7, 11) is 0. The van der Waals surface area contributed by atoms with Gasteiger partial charge in [-0.15, -0.1) is 5.10 Å². The van der Waals surface area contributed by atoms with Gasteiger partial charge in [-0.3, -0.25) is 20.2 Å². The van der Waals surface area contributed by atoms with Gasteiger partial charge in [0.25, 0.3) is 11.4 Å². The molecule has 0 atom stereocenters. The fourth-order valence-electron chi connectivity index (χ4n) is 2.52. The minimum absolute atomic E-state index is 0.191. The van der Waals surface area contributed by atoms with Gasteiger partial charge in [0, 0.05) is 19.2 Å². The topological polar surface area (TPSA) is 147 Å². The minimum atomic E-state index is -0.676. The molecular weight excluding hydrogens is 408 g/mol. The maximum atomic E-state index is 11.1. The van der Waals surface area contributed by atoms with E-state index in [1.807, 2.05) is 0 Å². The first kappa shape index (κ1) is 24.2. The summed E-state index contributed by atoms with van der Waals surface area (Å²) in [6.07, 6.45) is 2.77. The standard InChI is InChI=1S/C19H28N6O6/c1-19(2,3)6-9-30-11-8-23-13-15(21-22-23)14-31-10-7-20-17-5-4-16(24(26)27)12-18(17)25(28)29/h4-5,12-13,20H,6-11,14H2,1-3H3. The van der Waals surface area contributed by atoms with Crippen molar-refractivity contribution in [2.45, 2.75) is 40.3 Å². The van der Waals surface area contributed by atoms with Crippen LogP contribution in [-0.2, 0) is 22.6 Å². The van der Waals surface area contributed by atoms with E-state index in [9.17, 15) is 20.2 Å². The zero-order valence-corrected chi connectivity index (χ0v) is 17.9. The quantitative estimate of drug-likeness (QED) is 0.284. The third-order valence-corrected chi connectivity index (χ3v) is 4.25. The van der Waals surface area contributed by atoms with Crippen molar-refractivity contribution >= 4 is 17.1 Å². The molecule has 0 amide bonds. The van der Waals surface area contributed by atoms with Gasteiger partial charge < -0.3 is 14.8 Å². The maximum Gasteiger partial charge on any atom is 0.299 e. The molecular formula is C19H28N6O6. The van der Waals surface area contributed by atoms with Crippen molar-refractivity contribution in [2.75, 3.05) is 31.7 Å². The van der Waals surface area contributed by atoms with Gasteiger partial charge in [0.05, 0.1) is 48.5 Å². The second-order valence-corrected chi connectivity index (χ2v) is 8.09. The molecule has 2 rings (SSSR count). The van der Waals surface area contributed by atoms with Crippen molar-refractivity contribution in [1.29, 1.82) is 0 Å². The molecule has 2 aromatic rings. The Hall–Kier alpha value is -3.12. The predicted molar refractivity (Wildman–Crippen MR) is 113 cm³/mol. The molecule has 1 aromatic heterocycles. The first-order valence-corrected chi connectivity index (χ1v) is 9.87. The van der Waals surface area contributed by atoms with Gasteiger partial charge in [-0.05, 0) is 17.9 Å². The van der Waals surface area contributed by atoms with E-state index < -0.39 is 9.85 Å². The Morgan fingerprint density at radius 3 is 2.55 bits per heavy atom. The lowest BCUT2D eigenvalue weighted by Gasteiger charge is -2.17. The summed E-state index contributed by atoms with van der Waals surface area (Å²) in [6.45, 7) is 9.16. The summed E-state index contributed by atoms with van der Waals surface area (Å²) in [5.41, 5.74) is 0.404. The summed E-state index contributed by atoms with van der Waals surface area (Å²) < 4.78 is 12.8. The van der Waals surface area contributed by atoms with Crippen LogP contribution in [0.25, 0.3) is 0 Å². The third kappa shape index (κ3) is 8.64. The van der Waals surface area contributed by atoms with Gasteiger partial charge in [0.15, 0.2) is 0 Å². The number of rotatable bonds is 13. The Morgan fingerprint density at radius 2 is 1.87 bits per heavy atom. The molecule has 0 radical (unpaired) electrons. The van der Waals surface area contributed by atoms with Crippen LogP contribution in [0.2, 0.25) is 0 Å². The largest absolute Gasteiger partial charge is 0.380 e. The van der Waals surface area contributed by atoms with Crippen molar-refractivity contribution < 1.29 is 19.3 Å². The molecule has 0 saturated heterocycles. The fourth-order valence-corrected chi connectivity index (χ4v) is 2.52. The monoisotopic (exact) mass is 436 g/mol. The van der Waals surface area contributed by atoms with E-state index in [4.69, 9.17) is 9.47 Å². The molecule has 0 unspecified atom stereocenters. The summed E-state index contributed by atoms with van der Waals surface area (Å²) >= 11 is 0. The van der Waals surface area contributed by atoms with Gasteiger partial charge in [0.1, 0.15) is 11.4 Å². The number of benzene rings is 1. The third-order valence-electron chi connectivity index (χ3n) is 4.25. The molecule has 12 heteroatoms. The minimum Gasteiger partial charge on any atom is -0.380 e. The molecule has 1 N–H and O–H groups in total. The lowest BCUT2D eigenvalue weighted by atomic mass is 9.93. The maximum absolute atomic E-state index is 11.1. The molecule has 1 aromatic carbocycles. The second kappa shape index (κ2) is 11.3. The van der Waals surface area contributed by atoms with Crippen LogP contribution in [0, 0.1) is 25.6 Å². The van der Waals surface area contributed by atoms with Crippen LogP contribution in [0.3, 0.4) is 0 Å². The van der Waals surface area contributed by atoms with E-state index in [1.165, 1.54) is 12.1 Å². The Labute approximate surface area is 179 Å².